The van der Waals surface area contributed by atoms with Gasteiger partial charge >= 0.3 is 0 Å². The number of nitro groups is 1. The van der Waals surface area contributed by atoms with Gasteiger partial charge in [0.05, 0.1) is 17.6 Å². The first-order chi connectivity index (χ1) is 8.70. The van der Waals surface area contributed by atoms with Crippen molar-refractivity contribution in [3.05, 3.63) is 33.9 Å². The predicted molar refractivity (Wildman–Crippen MR) is 66.5 cm³/mol. The molecule has 1 heterocycles. The number of nitro benzene ring substituents is 1. The van der Waals surface area contributed by atoms with E-state index in [4.69, 9.17) is 9.84 Å². The van der Waals surface area contributed by atoms with E-state index in [-0.39, 0.29) is 18.4 Å². The number of hydrogen-bond acceptors (Lipinski definition) is 5. The average molecular weight is 252 g/mol. The van der Waals surface area contributed by atoms with E-state index in [1.54, 1.807) is 12.1 Å². The lowest BCUT2D eigenvalue weighted by atomic mass is 10.1. The first kappa shape index (κ1) is 12.8. The fraction of sp³-hybridized carbons (Fsp3) is 0.500. The lowest BCUT2D eigenvalue weighted by Crippen LogP contribution is -2.18. The highest BCUT2D eigenvalue weighted by Gasteiger charge is 2.18. The predicted octanol–water partition coefficient (Wildman–Crippen LogP) is 1.68. The first-order valence-electron chi connectivity index (χ1n) is 5.94. The van der Waals surface area contributed by atoms with Gasteiger partial charge in [0.1, 0.15) is 5.69 Å². The van der Waals surface area contributed by atoms with Gasteiger partial charge in [-0.05, 0) is 24.5 Å². The van der Waals surface area contributed by atoms with Gasteiger partial charge in [0.25, 0.3) is 5.69 Å². The highest BCUT2D eigenvalue weighted by atomic mass is 16.6. The molecule has 1 unspecified atom stereocenters. The molecule has 1 saturated heterocycles. The number of hydrogen-bond donors (Lipinski definition) is 2. The molecule has 0 amide bonds. The smallest absolute Gasteiger partial charge is 0.292 e. The largest absolute Gasteiger partial charge is 0.392 e. The molecule has 0 aromatic heterocycles. The summed E-state index contributed by atoms with van der Waals surface area (Å²) in [5, 5.41) is 23.0. The van der Waals surface area contributed by atoms with Crippen LogP contribution in [0.25, 0.3) is 0 Å². The van der Waals surface area contributed by atoms with Gasteiger partial charge in [0.2, 0.25) is 0 Å². The van der Waals surface area contributed by atoms with Crippen LogP contribution in [-0.2, 0) is 11.3 Å². The Morgan fingerprint density at radius 3 is 3.00 bits per heavy atom. The number of rotatable bonds is 5. The molecule has 0 bridgehead atoms. The highest BCUT2D eigenvalue weighted by Crippen LogP contribution is 2.26. The summed E-state index contributed by atoms with van der Waals surface area (Å²) in [6.45, 7) is 1.13. The number of ether oxygens (including phenoxy) is 1. The number of benzene rings is 1. The summed E-state index contributed by atoms with van der Waals surface area (Å²) in [4.78, 5) is 10.5. The Kier molecular flexibility index (Phi) is 4.11. The van der Waals surface area contributed by atoms with Gasteiger partial charge in [-0.3, -0.25) is 10.1 Å². The third-order valence-corrected chi connectivity index (χ3v) is 2.99. The molecule has 1 aliphatic rings. The van der Waals surface area contributed by atoms with E-state index in [2.05, 4.69) is 5.32 Å². The molecule has 2 rings (SSSR count). The first-order valence-corrected chi connectivity index (χ1v) is 5.94. The van der Waals surface area contributed by atoms with Crippen LogP contribution in [0.2, 0.25) is 0 Å². The van der Waals surface area contributed by atoms with E-state index in [1.807, 2.05) is 0 Å². The van der Waals surface area contributed by atoms with Crippen molar-refractivity contribution in [1.82, 2.24) is 0 Å². The maximum Gasteiger partial charge on any atom is 0.292 e. The second-order valence-electron chi connectivity index (χ2n) is 4.28. The molecule has 6 nitrogen and oxygen atoms in total. The van der Waals surface area contributed by atoms with Crippen LogP contribution in [0.15, 0.2) is 18.2 Å². The molecular formula is C12H16N2O4. The molecule has 0 radical (unpaired) electrons. The topological polar surface area (TPSA) is 84.6 Å². The lowest BCUT2D eigenvalue weighted by Gasteiger charge is -2.12. The van der Waals surface area contributed by atoms with Crippen molar-refractivity contribution < 1.29 is 14.8 Å². The Balaban J connectivity index is 2.08. The maximum atomic E-state index is 10.9. The van der Waals surface area contributed by atoms with Crippen LogP contribution in [0.5, 0.6) is 0 Å². The summed E-state index contributed by atoms with van der Waals surface area (Å²) in [7, 11) is 0. The van der Waals surface area contributed by atoms with Crippen molar-refractivity contribution >= 4 is 11.4 Å². The van der Waals surface area contributed by atoms with Crippen molar-refractivity contribution in [2.24, 2.45) is 0 Å². The molecule has 1 atom stereocenters. The Labute approximate surface area is 105 Å². The summed E-state index contributed by atoms with van der Waals surface area (Å²) in [6.07, 6.45) is 2.15. The third kappa shape index (κ3) is 2.96. The molecule has 0 spiro atoms. The fourth-order valence-corrected chi connectivity index (χ4v) is 2.01. The summed E-state index contributed by atoms with van der Waals surface area (Å²) in [5.74, 6) is 0. The quantitative estimate of drug-likeness (QED) is 0.615. The molecule has 0 saturated carbocycles. The van der Waals surface area contributed by atoms with Gasteiger partial charge in [-0.15, -0.1) is 0 Å². The minimum absolute atomic E-state index is 0.0143. The number of anilines is 1. The SMILES string of the molecule is O=[N+]([O-])c1cc(CO)ccc1NCC1CCCO1. The summed E-state index contributed by atoms with van der Waals surface area (Å²) < 4.78 is 5.45. The van der Waals surface area contributed by atoms with Crippen LogP contribution in [0, 0.1) is 10.1 Å². The molecule has 18 heavy (non-hydrogen) atoms. The zero-order chi connectivity index (χ0) is 13.0. The van der Waals surface area contributed by atoms with E-state index in [1.165, 1.54) is 6.07 Å². The van der Waals surface area contributed by atoms with E-state index >= 15 is 0 Å². The van der Waals surface area contributed by atoms with Crippen LogP contribution in [-0.4, -0.2) is 29.3 Å². The molecular weight excluding hydrogens is 236 g/mol. The van der Waals surface area contributed by atoms with Crippen LogP contribution in [0.3, 0.4) is 0 Å². The Hall–Kier alpha value is -1.66. The standard InChI is InChI=1S/C12H16N2O4/c15-8-9-3-4-11(12(6-9)14(16)17)13-7-10-2-1-5-18-10/h3-4,6,10,13,15H,1-2,5,7-8H2. The second-order valence-corrected chi connectivity index (χ2v) is 4.28. The van der Waals surface area contributed by atoms with Crippen molar-refractivity contribution in [2.45, 2.75) is 25.6 Å². The normalized spacial score (nSPS) is 18.8. The van der Waals surface area contributed by atoms with Gasteiger partial charge in [-0.2, -0.15) is 0 Å². The summed E-state index contributed by atoms with van der Waals surface area (Å²) >= 11 is 0. The van der Waals surface area contributed by atoms with Crippen LogP contribution >= 0.6 is 0 Å². The number of aliphatic hydroxyl groups excluding tert-OH is 1. The number of nitrogens with zero attached hydrogens (tertiary/aromatic N) is 1. The molecule has 98 valence electrons. The highest BCUT2D eigenvalue weighted by molar-refractivity contribution is 5.62. The van der Waals surface area contributed by atoms with Gasteiger partial charge in [0.15, 0.2) is 0 Å². The van der Waals surface area contributed by atoms with Gasteiger partial charge < -0.3 is 15.2 Å². The Morgan fingerprint density at radius 2 is 2.39 bits per heavy atom. The maximum absolute atomic E-state index is 10.9. The van der Waals surface area contributed by atoms with Crippen molar-refractivity contribution in [1.29, 1.82) is 0 Å². The van der Waals surface area contributed by atoms with Crippen LogP contribution in [0.1, 0.15) is 18.4 Å². The molecule has 1 aromatic rings. The molecule has 1 aliphatic heterocycles. The molecule has 1 fully saturated rings. The zero-order valence-electron chi connectivity index (χ0n) is 9.96. The molecule has 0 aliphatic carbocycles. The van der Waals surface area contributed by atoms with E-state index in [0.717, 1.165) is 19.4 Å². The van der Waals surface area contributed by atoms with Crippen LogP contribution in [0.4, 0.5) is 11.4 Å². The summed E-state index contributed by atoms with van der Waals surface area (Å²) in [5.41, 5.74) is 0.983. The summed E-state index contributed by atoms with van der Waals surface area (Å²) in [6, 6.07) is 4.68. The minimum Gasteiger partial charge on any atom is -0.392 e. The Bertz CT molecular complexity index is 430. The zero-order valence-corrected chi connectivity index (χ0v) is 9.96. The molecule has 1 aromatic carbocycles. The fourth-order valence-electron chi connectivity index (χ4n) is 2.01. The van der Waals surface area contributed by atoms with Crippen molar-refractivity contribution in [2.75, 3.05) is 18.5 Å². The van der Waals surface area contributed by atoms with Gasteiger partial charge in [0, 0.05) is 19.2 Å². The van der Waals surface area contributed by atoms with Crippen molar-refractivity contribution in [3.63, 3.8) is 0 Å². The number of nitrogens with one attached hydrogen (secondary N) is 1. The Morgan fingerprint density at radius 1 is 1.56 bits per heavy atom. The van der Waals surface area contributed by atoms with Crippen LogP contribution < -0.4 is 5.32 Å². The average Bonchev–Trinajstić information content (AvgIpc) is 2.89. The second kappa shape index (κ2) is 5.79. The minimum atomic E-state index is -0.447. The van der Waals surface area contributed by atoms with Gasteiger partial charge in [-0.1, -0.05) is 6.07 Å². The van der Waals surface area contributed by atoms with Gasteiger partial charge in [-0.25, -0.2) is 0 Å². The van der Waals surface area contributed by atoms with E-state index in [0.29, 0.717) is 17.8 Å². The lowest BCUT2D eigenvalue weighted by molar-refractivity contribution is -0.384. The monoisotopic (exact) mass is 252 g/mol. The molecule has 2 N–H and O–H groups in total. The van der Waals surface area contributed by atoms with E-state index in [9.17, 15) is 10.1 Å². The van der Waals surface area contributed by atoms with Crippen molar-refractivity contribution in [3.8, 4) is 0 Å². The number of aliphatic hydroxyl groups is 1. The third-order valence-electron chi connectivity index (χ3n) is 2.99. The molecule has 6 heteroatoms. The van der Waals surface area contributed by atoms with E-state index < -0.39 is 4.92 Å².